The molecule has 0 fully saturated rings. The molecule has 1 rings (SSSR count). The fourth-order valence-corrected chi connectivity index (χ4v) is 1.16. The Kier molecular flexibility index (Phi) is 5.38. The van der Waals surface area contributed by atoms with Crippen molar-refractivity contribution in [3.05, 3.63) is 24.0 Å². The van der Waals surface area contributed by atoms with Gasteiger partial charge in [0.2, 0.25) is 5.91 Å². The lowest BCUT2D eigenvalue weighted by Gasteiger charge is -2.12. The van der Waals surface area contributed by atoms with Crippen LogP contribution in [-0.2, 0) is 16.1 Å². The van der Waals surface area contributed by atoms with Gasteiger partial charge in [0.25, 0.3) is 0 Å². The van der Waals surface area contributed by atoms with Crippen LogP contribution in [0.25, 0.3) is 0 Å². The Hall–Kier alpha value is -1.53. The average molecular weight is 224 g/mol. The highest BCUT2D eigenvalue weighted by atomic mass is 16.5. The van der Waals surface area contributed by atoms with E-state index in [-0.39, 0.29) is 18.4 Å². The number of hydrogen-bond acceptors (Lipinski definition) is 5. The van der Waals surface area contributed by atoms with Crippen molar-refractivity contribution in [3.8, 4) is 0 Å². The third kappa shape index (κ3) is 4.33. The fourth-order valence-electron chi connectivity index (χ4n) is 1.16. The zero-order valence-electron chi connectivity index (χ0n) is 9.22. The summed E-state index contributed by atoms with van der Waals surface area (Å²) in [5.41, 5.74) is 6.13. The monoisotopic (exact) mass is 224 g/mol. The highest BCUT2D eigenvalue weighted by Crippen LogP contribution is 1.96. The number of nitrogens with one attached hydrogen (secondary N) is 1. The molecule has 0 aliphatic rings. The van der Waals surface area contributed by atoms with Crippen molar-refractivity contribution >= 4 is 5.91 Å². The molecule has 1 unspecified atom stereocenters. The molecule has 0 saturated carbocycles. The first kappa shape index (κ1) is 12.5. The second-order valence-electron chi connectivity index (χ2n) is 3.29. The van der Waals surface area contributed by atoms with Gasteiger partial charge in [0, 0.05) is 19.9 Å². The molecular weight excluding hydrogens is 208 g/mol. The number of ether oxygens (including phenoxy) is 1. The van der Waals surface area contributed by atoms with E-state index in [1.54, 1.807) is 18.3 Å². The maximum atomic E-state index is 11.4. The van der Waals surface area contributed by atoms with E-state index in [2.05, 4.69) is 15.5 Å². The highest BCUT2D eigenvalue weighted by molar-refractivity contribution is 5.76. The average Bonchev–Trinajstić information content (AvgIpc) is 2.34. The van der Waals surface area contributed by atoms with E-state index >= 15 is 0 Å². The topological polar surface area (TPSA) is 90.1 Å². The minimum Gasteiger partial charge on any atom is -0.380 e. The van der Waals surface area contributed by atoms with Crippen LogP contribution in [0.15, 0.2) is 18.3 Å². The summed E-state index contributed by atoms with van der Waals surface area (Å²) < 4.78 is 5.01. The van der Waals surface area contributed by atoms with Crippen LogP contribution in [0.3, 0.4) is 0 Å². The van der Waals surface area contributed by atoms with Crippen molar-refractivity contribution in [1.82, 2.24) is 15.5 Å². The van der Waals surface area contributed by atoms with Gasteiger partial charge in [-0.25, -0.2) is 0 Å². The number of nitrogens with zero attached hydrogens (tertiary/aromatic N) is 2. The molecule has 1 aromatic rings. The predicted octanol–water partition coefficient (Wildman–Crippen LogP) is -0.543. The van der Waals surface area contributed by atoms with Crippen LogP contribution in [0.5, 0.6) is 0 Å². The molecule has 0 spiro atoms. The summed E-state index contributed by atoms with van der Waals surface area (Å²) in [5.74, 6) is -0.108. The quantitative estimate of drug-likeness (QED) is 0.677. The Bertz CT molecular complexity index is 314. The largest absolute Gasteiger partial charge is 0.380 e. The van der Waals surface area contributed by atoms with E-state index < -0.39 is 0 Å². The van der Waals surface area contributed by atoms with Crippen molar-refractivity contribution in [2.75, 3.05) is 13.7 Å². The number of methoxy groups -OCH3 is 1. The second kappa shape index (κ2) is 6.86. The molecule has 6 nitrogen and oxygen atoms in total. The number of nitrogens with two attached hydrogens (primary N) is 1. The molecule has 16 heavy (non-hydrogen) atoms. The standard InChI is InChI=1S/C10H16N4O2/c1-16-9(6-11)5-10(15)12-7-8-3-2-4-13-14-8/h2-4,9H,5-7,11H2,1H3,(H,12,15). The Labute approximate surface area is 94.2 Å². The lowest BCUT2D eigenvalue weighted by atomic mass is 10.2. The van der Waals surface area contributed by atoms with Gasteiger partial charge in [-0.05, 0) is 12.1 Å². The minimum atomic E-state index is -0.234. The van der Waals surface area contributed by atoms with Crippen molar-refractivity contribution in [2.24, 2.45) is 5.73 Å². The van der Waals surface area contributed by atoms with Crippen molar-refractivity contribution in [2.45, 2.75) is 19.1 Å². The molecule has 3 N–H and O–H groups in total. The van der Waals surface area contributed by atoms with Crippen LogP contribution in [-0.4, -0.2) is 35.9 Å². The summed E-state index contributed by atoms with van der Waals surface area (Å²) >= 11 is 0. The first-order chi connectivity index (χ1) is 7.76. The van der Waals surface area contributed by atoms with E-state index in [0.29, 0.717) is 13.1 Å². The molecule has 1 heterocycles. The van der Waals surface area contributed by atoms with Crippen LogP contribution in [0.2, 0.25) is 0 Å². The van der Waals surface area contributed by atoms with E-state index in [1.807, 2.05) is 0 Å². The van der Waals surface area contributed by atoms with Crippen LogP contribution in [0.1, 0.15) is 12.1 Å². The molecule has 1 atom stereocenters. The number of carbonyl (C=O) groups excluding carboxylic acids is 1. The fraction of sp³-hybridized carbons (Fsp3) is 0.500. The molecule has 0 radical (unpaired) electrons. The van der Waals surface area contributed by atoms with Crippen LogP contribution in [0.4, 0.5) is 0 Å². The molecule has 1 amide bonds. The van der Waals surface area contributed by atoms with E-state index in [0.717, 1.165) is 5.69 Å². The van der Waals surface area contributed by atoms with Crippen molar-refractivity contribution < 1.29 is 9.53 Å². The van der Waals surface area contributed by atoms with Gasteiger partial charge in [0.1, 0.15) is 0 Å². The summed E-state index contributed by atoms with van der Waals surface area (Å²) in [6.45, 7) is 0.697. The van der Waals surface area contributed by atoms with Gasteiger partial charge >= 0.3 is 0 Å². The smallest absolute Gasteiger partial charge is 0.222 e. The number of rotatable bonds is 6. The zero-order chi connectivity index (χ0) is 11.8. The van der Waals surface area contributed by atoms with Crippen molar-refractivity contribution in [3.63, 3.8) is 0 Å². The molecule has 0 saturated heterocycles. The van der Waals surface area contributed by atoms with Gasteiger partial charge in [-0.2, -0.15) is 10.2 Å². The third-order valence-electron chi connectivity index (χ3n) is 2.10. The van der Waals surface area contributed by atoms with Gasteiger partial charge in [-0.1, -0.05) is 0 Å². The van der Waals surface area contributed by atoms with E-state index in [9.17, 15) is 4.79 Å². The minimum absolute atomic E-state index is 0.108. The summed E-state index contributed by atoms with van der Waals surface area (Å²) in [5, 5.41) is 10.3. The Morgan fingerprint density at radius 3 is 3.06 bits per heavy atom. The van der Waals surface area contributed by atoms with Gasteiger partial charge in [-0.15, -0.1) is 0 Å². The summed E-state index contributed by atoms with van der Waals surface area (Å²) in [6, 6.07) is 3.57. The maximum Gasteiger partial charge on any atom is 0.222 e. The second-order valence-corrected chi connectivity index (χ2v) is 3.29. The van der Waals surface area contributed by atoms with Gasteiger partial charge in [0.05, 0.1) is 24.8 Å². The molecule has 88 valence electrons. The number of aromatic nitrogens is 2. The van der Waals surface area contributed by atoms with Gasteiger partial charge < -0.3 is 15.8 Å². The SMILES string of the molecule is COC(CN)CC(=O)NCc1cccnn1. The van der Waals surface area contributed by atoms with E-state index in [4.69, 9.17) is 10.5 Å². The van der Waals surface area contributed by atoms with Gasteiger partial charge in [0.15, 0.2) is 0 Å². The lowest BCUT2D eigenvalue weighted by Crippen LogP contribution is -2.32. The Morgan fingerprint density at radius 1 is 1.69 bits per heavy atom. The summed E-state index contributed by atoms with van der Waals surface area (Å²) in [6.07, 6.45) is 1.61. The van der Waals surface area contributed by atoms with Crippen molar-refractivity contribution in [1.29, 1.82) is 0 Å². The number of amides is 1. The first-order valence-corrected chi connectivity index (χ1v) is 5.02. The molecule has 0 aliphatic heterocycles. The zero-order valence-corrected chi connectivity index (χ0v) is 9.22. The molecule has 6 heteroatoms. The third-order valence-corrected chi connectivity index (χ3v) is 2.10. The Morgan fingerprint density at radius 2 is 2.50 bits per heavy atom. The highest BCUT2D eigenvalue weighted by Gasteiger charge is 2.10. The Balaban J connectivity index is 2.30. The number of carbonyl (C=O) groups is 1. The molecule has 0 bridgehead atoms. The summed E-state index contributed by atoms with van der Waals surface area (Å²) in [4.78, 5) is 11.4. The molecular formula is C10H16N4O2. The van der Waals surface area contributed by atoms with E-state index in [1.165, 1.54) is 7.11 Å². The lowest BCUT2D eigenvalue weighted by molar-refractivity contribution is -0.123. The van der Waals surface area contributed by atoms with Gasteiger partial charge in [-0.3, -0.25) is 4.79 Å². The van der Waals surface area contributed by atoms with Crippen LogP contribution >= 0.6 is 0 Å². The summed E-state index contributed by atoms with van der Waals surface area (Å²) in [7, 11) is 1.54. The maximum absolute atomic E-state index is 11.4. The first-order valence-electron chi connectivity index (χ1n) is 5.02. The van der Waals surface area contributed by atoms with Crippen LogP contribution < -0.4 is 11.1 Å². The normalized spacial score (nSPS) is 12.1. The predicted molar refractivity (Wildman–Crippen MR) is 58.3 cm³/mol. The number of hydrogen-bond donors (Lipinski definition) is 2. The molecule has 1 aromatic heterocycles. The van der Waals surface area contributed by atoms with Crippen LogP contribution in [0, 0.1) is 0 Å². The molecule has 0 aliphatic carbocycles. The molecule has 0 aromatic carbocycles.